The molecular weight excluding hydrogens is 440 g/mol. The summed E-state index contributed by atoms with van der Waals surface area (Å²) in [4.78, 5) is 17.0. The Bertz CT molecular complexity index is 1130. The quantitative estimate of drug-likeness (QED) is 0.486. The van der Waals surface area contributed by atoms with Gasteiger partial charge in [-0.2, -0.15) is 9.97 Å². The maximum absolute atomic E-state index is 6.12. The Morgan fingerprint density at radius 2 is 1.66 bits per heavy atom. The minimum Gasteiger partial charge on any atom is -0.378 e. The summed E-state index contributed by atoms with van der Waals surface area (Å²) in [5, 5.41) is 7.14. The maximum Gasteiger partial charge on any atom is 0.227 e. The molecule has 186 valence electrons. The van der Waals surface area contributed by atoms with Gasteiger partial charge in [-0.15, -0.1) is 0 Å². The Morgan fingerprint density at radius 1 is 0.914 bits per heavy atom. The summed E-state index contributed by atoms with van der Waals surface area (Å²) < 4.78 is 7.75. The van der Waals surface area contributed by atoms with Crippen molar-refractivity contribution in [3.63, 3.8) is 0 Å². The van der Waals surface area contributed by atoms with Gasteiger partial charge in [0, 0.05) is 42.6 Å². The Hall–Kier alpha value is -2.91. The number of benzene rings is 1. The molecule has 2 aliphatic carbocycles. The lowest BCUT2D eigenvalue weighted by Gasteiger charge is -2.29. The number of imidazole rings is 1. The zero-order valence-corrected chi connectivity index (χ0v) is 20.3. The number of nitrogens with zero attached hydrogens (tertiary/aromatic N) is 5. The molecule has 3 aromatic rings. The molecule has 6 rings (SSSR count). The topological polar surface area (TPSA) is 106 Å². The number of aromatic nitrogens is 4. The fourth-order valence-corrected chi connectivity index (χ4v) is 5.68. The molecule has 9 nitrogen and oxygen atoms in total. The summed E-state index contributed by atoms with van der Waals surface area (Å²) in [6.45, 7) is 3.43. The number of ether oxygens (including phenoxy) is 1. The normalized spacial score (nSPS) is 23.6. The van der Waals surface area contributed by atoms with Crippen LogP contribution in [0, 0.1) is 0 Å². The fourth-order valence-electron chi connectivity index (χ4n) is 5.68. The molecule has 1 aliphatic heterocycles. The number of hydrogen-bond acceptors (Lipinski definition) is 8. The lowest BCUT2D eigenvalue weighted by Crippen LogP contribution is -2.36. The third kappa shape index (κ3) is 4.92. The lowest BCUT2D eigenvalue weighted by atomic mass is 9.92. The number of anilines is 4. The van der Waals surface area contributed by atoms with E-state index in [9.17, 15) is 0 Å². The van der Waals surface area contributed by atoms with E-state index in [-0.39, 0.29) is 0 Å². The molecule has 3 aliphatic rings. The summed E-state index contributed by atoms with van der Waals surface area (Å²) in [6, 6.07) is 9.69. The third-order valence-electron chi connectivity index (χ3n) is 7.75. The van der Waals surface area contributed by atoms with Gasteiger partial charge in [-0.25, -0.2) is 4.98 Å². The van der Waals surface area contributed by atoms with Crippen molar-refractivity contribution in [2.24, 2.45) is 5.73 Å². The van der Waals surface area contributed by atoms with Crippen LogP contribution in [0.2, 0.25) is 0 Å². The molecule has 0 amide bonds. The maximum atomic E-state index is 6.12. The molecule has 0 spiro atoms. The lowest BCUT2D eigenvalue weighted by molar-refractivity contribution is 0.122. The van der Waals surface area contributed by atoms with E-state index in [0.717, 1.165) is 74.7 Å². The number of nitrogens with two attached hydrogens (primary N) is 1. The van der Waals surface area contributed by atoms with Gasteiger partial charge in [0.1, 0.15) is 0 Å². The zero-order chi connectivity index (χ0) is 23.6. The van der Waals surface area contributed by atoms with E-state index in [1.54, 1.807) is 0 Å². The molecule has 0 unspecified atom stereocenters. The van der Waals surface area contributed by atoms with Crippen molar-refractivity contribution in [2.75, 3.05) is 41.8 Å². The minimum atomic E-state index is 0.318. The average Bonchev–Trinajstić information content (AvgIpc) is 3.57. The number of rotatable bonds is 6. The molecule has 4 N–H and O–H groups in total. The fraction of sp³-hybridized carbons (Fsp3) is 0.577. The van der Waals surface area contributed by atoms with E-state index in [4.69, 9.17) is 25.4 Å². The third-order valence-corrected chi connectivity index (χ3v) is 7.75. The second-order valence-electron chi connectivity index (χ2n) is 10.2. The zero-order valence-electron chi connectivity index (χ0n) is 20.3. The van der Waals surface area contributed by atoms with Crippen LogP contribution in [0.3, 0.4) is 0 Å². The highest BCUT2D eigenvalue weighted by Gasteiger charge is 2.24. The van der Waals surface area contributed by atoms with Crippen LogP contribution < -0.4 is 21.3 Å². The SMILES string of the molecule is NC1CCC(Nc2nc(Nc3ccc(N4CCOCC4)cc3)c3ncn(C4CCCC4)c3n2)CC1. The van der Waals surface area contributed by atoms with Crippen molar-refractivity contribution in [1.82, 2.24) is 19.5 Å². The molecular formula is C26H36N8O. The Labute approximate surface area is 206 Å². The van der Waals surface area contributed by atoms with Gasteiger partial charge in [-0.3, -0.25) is 0 Å². The van der Waals surface area contributed by atoms with Crippen LogP contribution in [0.1, 0.15) is 57.4 Å². The van der Waals surface area contributed by atoms with Crippen LogP contribution in [0.25, 0.3) is 11.2 Å². The van der Waals surface area contributed by atoms with Crippen LogP contribution >= 0.6 is 0 Å². The highest BCUT2D eigenvalue weighted by atomic mass is 16.5. The number of hydrogen-bond donors (Lipinski definition) is 3. The monoisotopic (exact) mass is 476 g/mol. The van der Waals surface area contributed by atoms with E-state index in [1.165, 1.54) is 31.4 Å². The molecule has 1 aromatic carbocycles. The smallest absolute Gasteiger partial charge is 0.227 e. The van der Waals surface area contributed by atoms with Gasteiger partial charge in [-0.05, 0) is 62.8 Å². The Morgan fingerprint density at radius 3 is 2.40 bits per heavy atom. The Balaban J connectivity index is 1.28. The second kappa shape index (κ2) is 9.99. The molecule has 1 saturated heterocycles. The molecule has 3 fully saturated rings. The van der Waals surface area contributed by atoms with Crippen molar-refractivity contribution >= 4 is 34.3 Å². The number of morpholine rings is 1. The highest BCUT2D eigenvalue weighted by molar-refractivity contribution is 5.86. The van der Waals surface area contributed by atoms with E-state index >= 15 is 0 Å². The molecule has 2 saturated carbocycles. The molecule has 0 bridgehead atoms. The van der Waals surface area contributed by atoms with Crippen molar-refractivity contribution in [2.45, 2.75) is 69.5 Å². The predicted octanol–water partition coefficient (Wildman–Crippen LogP) is 4.20. The van der Waals surface area contributed by atoms with Crippen molar-refractivity contribution in [1.29, 1.82) is 0 Å². The van der Waals surface area contributed by atoms with Gasteiger partial charge < -0.3 is 30.6 Å². The summed E-state index contributed by atoms with van der Waals surface area (Å²) in [5.41, 5.74) is 10.1. The van der Waals surface area contributed by atoms with Gasteiger partial charge in [0.2, 0.25) is 5.95 Å². The van der Waals surface area contributed by atoms with Gasteiger partial charge >= 0.3 is 0 Å². The van der Waals surface area contributed by atoms with E-state index in [0.29, 0.717) is 24.1 Å². The van der Waals surface area contributed by atoms with Crippen LogP contribution in [-0.2, 0) is 4.74 Å². The van der Waals surface area contributed by atoms with Gasteiger partial charge in [0.15, 0.2) is 17.0 Å². The van der Waals surface area contributed by atoms with Crippen LogP contribution in [0.15, 0.2) is 30.6 Å². The molecule has 9 heteroatoms. The molecule has 0 radical (unpaired) electrons. The first kappa shape index (κ1) is 22.5. The van der Waals surface area contributed by atoms with Crippen molar-refractivity contribution < 1.29 is 4.74 Å². The van der Waals surface area contributed by atoms with Gasteiger partial charge in [-0.1, -0.05) is 12.8 Å². The van der Waals surface area contributed by atoms with Crippen LogP contribution in [-0.4, -0.2) is 57.9 Å². The Kier molecular flexibility index (Phi) is 6.43. The number of fused-ring (bicyclic) bond motifs is 1. The molecule has 0 atom stereocenters. The van der Waals surface area contributed by atoms with Gasteiger partial charge in [0.05, 0.1) is 19.5 Å². The van der Waals surface area contributed by atoms with E-state index in [1.807, 2.05) is 6.33 Å². The number of nitrogens with one attached hydrogen (secondary N) is 2. The van der Waals surface area contributed by atoms with Crippen LogP contribution in [0.4, 0.5) is 23.1 Å². The largest absolute Gasteiger partial charge is 0.378 e. The first-order chi connectivity index (χ1) is 17.2. The molecule has 35 heavy (non-hydrogen) atoms. The van der Waals surface area contributed by atoms with Crippen LogP contribution in [0.5, 0.6) is 0 Å². The van der Waals surface area contributed by atoms with E-state index in [2.05, 4.69) is 44.4 Å². The summed E-state index contributed by atoms with van der Waals surface area (Å²) in [6.07, 6.45) is 11.0. The molecule has 3 heterocycles. The van der Waals surface area contributed by atoms with Gasteiger partial charge in [0.25, 0.3) is 0 Å². The first-order valence-electron chi connectivity index (χ1n) is 13.2. The standard InChI is InChI=1S/C26H36N8O/c27-18-5-7-20(8-6-18)30-26-31-24(23-25(32-26)34(17-28-23)22-3-1-2-4-22)29-19-9-11-21(12-10-19)33-13-15-35-16-14-33/h9-12,17-18,20,22H,1-8,13-16,27H2,(H2,29,30,31,32). The summed E-state index contributed by atoms with van der Waals surface area (Å²) >= 11 is 0. The average molecular weight is 477 g/mol. The molecule has 2 aromatic heterocycles. The minimum absolute atomic E-state index is 0.318. The summed E-state index contributed by atoms with van der Waals surface area (Å²) in [7, 11) is 0. The van der Waals surface area contributed by atoms with Crippen molar-refractivity contribution in [3.05, 3.63) is 30.6 Å². The predicted molar refractivity (Wildman–Crippen MR) is 139 cm³/mol. The first-order valence-corrected chi connectivity index (χ1v) is 13.2. The van der Waals surface area contributed by atoms with Crippen molar-refractivity contribution in [3.8, 4) is 0 Å². The second-order valence-corrected chi connectivity index (χ2v) is 10.2. The van der Waals surface area contributed by atoms with E-state index < -0.39 is 0 Å². The summed E-state index contributed by atoms with van der Waals surface area (Å²) in [5.74, 6) is 1.42. The highest BCUT2D eigenvalue weighted by Crippen LogP contribution is 2.34.